The Morgan fingerprint density at radius 3 is 2.86 bits per heavy atom. The maximum Gasteiger partial charge on any atom is 0.342 e. The van der Waals surface area contributed by atoms with Crippen molar-refractivity contribution >= 4 is 17.6 Å². The van der Waals surface area contributed by atoms with E-state index in [1.807, 2.05) is 0 Å². The van der Waals surface area contributed by atoms with Crippen LogP contribution in [0.4, 0.5) is 0 Å². The lowest BCUT2D eigenvalue weighted by Crippen LogP contribution is -2.05. The fourth-order valence-corrected chi connectivity index (χ4v) is 1.98. The number of furan rings is 1. The third-order valence-corrected chi connectivity index (χ3v) is 3.09. The van der Waals surface area contributed by atoms with Gasteiger partial charge in [-0.3, -0.25) is 0 Å². The molecule has 1 aromatic carbocycles. The Kier molecular flexibility index (Phi) is 3.84. The molecule has 0 aliphatic rings. The lowest BCUT2D eigenvalue weighted by molar-refractivity contribution is 0.0461. The van der Waals surface area contributed by atoms with Crippen LogP contribution in [0.2, 0.25) is 5.02 Å². The van der Waals surface area contributed by atoms with Crippen molar-refractivity contribution in [3.05, 3.63) is 58.9 Å². The summed E-state index contributed by atoms with van der Waals surface area (Å²) in [6.07, 6.45) is 1.51. The average Bonchev–Trinajstić information content (AvgIpc) is 3.16. The first kappa shape index (κ1) is 14.2. The van der Waals surface area contributed by atoms with Gasteiger partial charge in [0.25, 0.3) is 0 Å². The van der Waals surface area contributed by atoms with Gasteiger partial charge in [-0.1, -0.05) is 16.8 Å². The average molecular weight is 320 g/mol. The second kappa shape index (κ2) is 5.95. The zero-order valence-electron chi connectivity index (χ0n) is 11.2. The van der Waals surface area contributed by atoms with E-state index in [2.05, 4.69) is 5.16 Å². The van der Waals surface area contributed by atoms with Crippen LogP contribution in [0, 0.1) is 0 Å². The van der Waals surface area contributed by atoms with Crippen LogP contribution in [0.5, 0.6) is 5.75 Å². The maximum absolute atomic E-state index is 11.9. The molecule has 0 saturated carbocycles. The zero-order valence-corrected chi connectivity index (χ0v) is 11.9. The molecule has 3 aromatic rings. The number of phenolic OH excluding ortho intramolecular Hbond substituents is 1. The number of ether oxygens (including phenoxy) is 1. The molecule has 0 unspecified atom stereocenters. The lowest BCUT2D eigenvalue weighted by Gasteiger charge is -2.04. The van der Waals surface area contributed by atoms with Crippen molar-refractivity contribution in [3.63, 3.8) is 0 Å². The number of halogens is 1. The normalized spacial score (nSPS) is 10.6. The smallest absolute Gasteiger partial charge is 0.342 e. The molecule has 0 aliphatic heterocycles. The molecule has 0 radical (unpaired) electrons. The highest BCUT2D eigenvalue weighted by atomic mass is 35.5. The summed E-state index contributed by atoms with van der Waals surface area (Å²) in [5.41, 5.74) is 0.451. The summed E-state index contributed by atoms with van der Waals surface area (Å²) in [6, 6.07) is 9.19. The molecule has 0 fully saturated rings. The third-order valence-electron chi connectivity index (χ3n) is 2.85. The number of hydrogen-bond donors (Lipinski definition) is 1. The minimum absolute atomic E-state index is 0.0270. The maximum atomic E-state index is 11.9. The van der Waals surface area contributed by atoms with Gasteiger partial charge in [-0.2, -0.15) is 0 Å². The molecular formula is C15H10ClNO5. The molecule has 0 atom stereocenters. The molecule has 0 aliphatic carbocycles. The third kappa shape index (κ3) is 2.96. The van der Waals surface area contributed by atoms with Crippen LogP contribution in [-0.2, 0) is 11.3 Å². The molecule has 2 aromatic heterocycles. The number of benzene rings is 1. The highest BCUT2D eigenvalue weighted by Crippen LogP contribution is 2.24. The summed E-state index contributed by atoms with van der Waals surface area (Å²) >= 11 is 5.70. The SMILES string of the molecule is O=C(OCc1cc(-c2ccco2)on1)c1ccc(Cl)cc1O. The summed E-state index contributed by atoms with van der Waals surface area (Å²) in [5, 5.41) is 13.8. The van der Waals surface area contributed by atoms with Crippen LogP contribution in [0.15, 0.2) is 51.6 Å². The first-order chi connectivity index (χ1) is 10.6. The molecule has 1 N–H and O–H groups in total. The van der Waals surface area contributed by atoms with E-state index in [0.717, 1.165) is 0 Å². The van der Waals surface area contributed by atoms with Gasteiger partial charge in [0.1, 0.15) is 23.6 Å². The molecule has 2 heterocycles. The molecule has 0 saturated heterocycles. The summed E-state index contributed by atoms with van der Waals surface area (Å²) in [7, 11) is 0. The Bertz CT molecular complexity index is 794. The van der Waals surface area contributed by atoms with E-state index in [4.69, 9.17) is 25.3 Å². The van der Waals surface area contributed by atoms with E-state index < -0.39 is 5.97 Å². The topological polar surface area (TPSA) is 85.7 Å². The van der Waals surface area contributed by atoms with Crippen LogP contribution >= 0.6 is 11.6 Å². The molecule has 7 heteroatoms. The Hall–Kier alpha value is -2.73. The number of aromatic hydroxyl groups is 1. The fraction of sp³-hybridized carbons (Fsp3) is 0.0667. The van der Waals surface area contributed by atoms with Gasteiger partial charge in [0.2, 0.25) is 5.76 Å². The monoisotopic (exact) mass is 319 g/mol. The zero-order chi connectivity index (χ0) is 15.5. The van der Waals surface area contributed by atoms with E-state index in [9.17, 15) is 9.90 Å². The Balaban J connectivity index is 1.66. The second-order valence-corrected chi connectivity index (χ2v) is 4.83. The summed E-state index contributed by atoms with van der Waals surface area (Å²) < 4.78 is 15.3. The number of esters is 1. The van der Waals surface area contributed by atoms with Gasteiger partial charge in [-0.15, -0.1) is 0 Å². The van der Waals surface area contributed by atoms with E-state index >= 15 is 0 Å². The fourth-order valence-electron chi connectivity index (χ4n) is 1.81. The number of hydrogen-bond acceptors (Lipinski definition) is 6. The summed E-state index contributed by atoms with van der Waals surface area (Å²) in [5.74, 6) is 0.0384. The first-order valence-corrected chi connectivity index (χ1v) is 6.66. The molecule has 22 heavy (non-hydrogen) atoms. The largest absolute Gasteiger partial charge is 0.507 e. The van der Waals surface area contributed by atoms with Crippen LogP contribution in [0.25, 0.3) is 11.5 Å². The van der Waals surface area contributed by atoms with E-state index in [-0.39, 0.29) is 17.9 Å². The van der Waals surface area contributed by atoms with Crippen molar-refractivity contribution in [1.82, 2.24) is 5.16 Å². The highest BCUT2D eigenvalue weighted by Gasteiger charge is 2.15. The van der Waals surface area contributed by atoms with Gasteiger partial charge in [0.05, 0.1) is 6.26 Å². The Morgan fingerprint density at radius 1 is 1.27 bits per heavy atom. The van der Waals surface area contributed by atoms with E-state index in [0.29, 0.717) is 22.2 Å². The molecule has 0 amide bonds. The summed E-state index contributed by atoms with van der Waals surface area (Å²) in [6.45, 7) is -0.0922. The quantitative estimate of drug-likeness (QED) is 0.739. The molecule has 0 bridgehead atoms. The van der Waals surface area contributed by atoms with Crippen molar-refractivity contribution < 1.29 is 23.6 Å². The van der Waals surface area contributed by atoms with Crippen molar-refractivity contribution in [2.45, 2.75) is 6.61 Å². The number of aromatic nitrogens is 1. The Morgan fingerprint density at radius 2 is 2.14 bits per heavy atom. The number of nitrogens with zero attached hydrogens (tertiary/aromatic N) is 1. The minimum Gasteiger partial charge on any atom is -0.507 e. The van der Waals surface area contributed by atoms with Crippen molar-refractivity contribution in [1.29, 1.82) is 0 Å². The number of phenols is 1. The van der Waals surface area contributed by atoms with Gasteiger partial charge >= 0.3 is 5.97 Å². The minimum atomic E-state index is -0.684. The molecule has 3 rings (SSSR count). The van der Waals surface area contributed by atoms with Crippen LogP contribution in [-0.4, -0.2) is 16.2 Å². The first-order valence-electron chi connectivity index (χ1n) is 6.28. The van der Waals surface area contributed by atoms with Crippen molar-refractivity contribution in [3.8, 4) is 17.3 Å². The standard InChI is InChI=1S/C15H10ClNO5/c16-9-3-4-11(12(18)6-9)15(19)21-8-10-7-14(22-17-10)13-2-1-5-20-13/h1-7,18H,8H2. The predicted octanol–water partition coefficient (Wildman–Crippen LogP) is 3.65. The van der Waals surface area contributed by atoms with Crippen LogP contribution in [0.3, 0.4) is 0 Å². The highest BCUT2D eigenvalue weighted by molar-refractivity contribution is 6.30. The predicted molar refractivity (Wildman–Crippen MR) is 76.4 cm³/mol. The lowest BCUT2D eigenvalue weighted by atomic mass is 10.2. The summed E-state index contributed by atoms with van der Waals surface area (Å²) in [4.78, 5) is 11.9. The van der Waals surface area contributed by atoms with Gasteiger partial charge < -0.3 is 18.8 Å². The molecule has 112 valence electrons. The van der Waals surface area contributed by atoms with Crippen molar-refractivity contribution in [2.24, 2.45) is 0 Å². The molecular weight excluding hydrogens is 310 g/mol. The number of rotatable bonds is 4. The Labute approximate surface area is 129 Å². The van der Waals surface area contributed by atoms with Gasteiger partial charge in [0, 0.05) is 11.1 Å². The van der Waals surface area contributed by atoms with Crippen LogP contribution < -0.4 is 0 Å². The van der Waals surface area contributed by atoms with Gasteiger partial charge in [-0.05, 0) is 30.3 Å². The van der Waals surface area contributed by atoms with Gasteiger partial charge in [-0.25, -0.2) is 4.79 Å². The van der Waals surface area contributed by atoms with E-state index in [1.54, 1.807) is 18.2 Å². The number of carbonyl (C=O) groups is 1. The van der Waals surface area contributed by atoms with Crippen LogP contribution in [0.1, 0.15) is 16.1 Å². The molecule has 6 nitrogen and oxygen atoms in total. The van der Waals surface area contributed by atoms with E-state index in [1.165, 1.54) is 24.5 Å². The number of carbonyl (C=O) groups excluding carboxylic acids is 1. The van der Waals surface area contributed by atoms with Gasteiger partial charge in [0.15, 0.2) is 5.76 Å². The van der Waals surface area contributed by atoms with Crippen molar-refractivity contribution in [2.75, 3.05) is 0 Å². The second-order valence-electron chi connectivity index (χ2n) is 4.40. The molecule has 0 spiro atoms.